The largest absolute Gasteiger partial charge is 0.481 e. The minimum atomic E-state index is -0.723. The van der Waals surface area contributed by atoms with Crippen LogP contribution in [0, 0.1) is 0 Å². The van der Waals surface area contributed by atoms with E-state index in [4.69, 9.17) is 16.7 Å². The Balaban J connectivity index is 2.12. The van der Waals surface area contributed by atoms with Gasteiger partial charge in [0.2, 0.25) is 0 Å². The first-order chi connectivity index (χ1) is 7.70. The predicted molar refractivity (Wildman–Crippen MR) is 66.0 cm³/mol. The minimum absolute atomic E-state index is 0.256. The summed E-state index contributed by atoms with van der Waals surface area (Å²) in [6, 6.07) is 7.59. The molecule has 0 heterocycles. The van der Waals surface area contributed by atoms with Crippen LogP contribution in [0.3, 0.4) is 0 Å². The molecule has 0 spiro atoms. The third kappa shape index (κ3) is 5.03. The summed E-state index contributed by atoms with van der Waals surface area (Å²) in [5, 5.41) is 12.4. The second kappa shape index (κ2) is 7.12. The number of carbonyl (C=O) groups is 1. The first kappa shape index (κ1) is 12.8. The number of para-hydroxylation sites is 1. The van der Waals surface area contributed by atoms with Crippen LogP contribution in [-0.2, 0) is 4.79 Å². The lowest BCUT2D eigenvalue weighted by molar-refractivity contribution is -0.137. The van der Waals surface area contributed by atoms with E-state index < -0.39 is 5.97 Å². The van der Waals surface area contributed by atoms with Crippen LogP contribution < -0.4 is 5.32 Å². The van der Waals surface area contributed by atoms with Gasteiger partial charge in [-0.2, -0.15) is 0 Å². The average Bonchev–Trinajstić information content (AvgIpc) is 2.25. The van der Waals surface area contributed by atoms with Crippen molar-refractivity contribution in [3.8, 4) is 0 Å². The topological polar surface area (TPSA) is 49.3 Å². The third-order valence-corrected chi connectivity index (χ3v) is 2.59. The lowest BCUT2D eigenvalue weighted by atomic mass is 10.2. The van der Waals surface area contributed by atoms with Gasteiger partial charge in [0.15, 0.2) is 0 Å². The summed E-state index contributed by atoms with van der Waals surface area (Å²) in [7, 11) is 0. The molecule has 1 aromatic carbocycles. The van der Waals surface area contributed by atoms with Gasteiger partial charge in [0.25, 0.3) is 0 Å². The Morgan fingerprint density at radius 2 is 2.00 bits per heavy atom. The Labute approximate surface area is 100 Å². The highest BCUT2D eigenvalue weighted by Gasteiger charge is 1.98. The number of rotatable bonds is 7. The molecule has 4 heteroatoms. The molecule has 1 aromatic rings. The first-order valence-electron chi connectivity index (χ1n) is 5.40. The second-order valence-corrected chi connectivity index (χ2v) is 4.02. The van der Waals surface area contributed by atoms with Gasteiger partial charge in [-0.25, -0.2) is 0 Å². The molecular formula is C12H16ClNO2. The van der Waals surface area contributed by atoms with Gasteiger partial charge in [-0.3, -0.25) is 4.79 Å². The summed E-state index contributed by atoms with van der Waals surface area (Å²) in [6.07, 6.45) is 2.87. The normalized spacial score (nSPS) is 10.1. The standard InChI is InChI=1S/C12H16ClNO2/c13-10-6-3-4-7-11(10)14-9-5-1-2-8-12(15)16/h3-4,6-7,14H,1-2,5,8-9H2,(H,15,16). The highest BCUT2D eigenvalue weighted by Crippen LogP contribution is 2.20. The number of anilines is 1. The molecule has 0 amide bonds. The number of carboxylic acids is 1. The number of hydrogen-bond acceptors (Lipinski definition) is 2. The number of unbranched alkanes of at least 4 members (excludes halogenated alkanes) is 2. The minimum Gasteiger partial charge on any atom is -0.481 e. The monoisotopic (exact) mass is 241 g/mol. The number of carboxylic acid groups (broad SMARTS) is 1. The second-order valence-electron chi connectivity index (χ2n) is 3.61. The highest BCUT2D eigenvalue weighted by atomic mass is 35.5. The average molecular weight is 242 g/mol. The van der Waals surface area contributed by atoms with Gasteiger partial charge in [0, 0.05) is 13.0 Å². The summed E-state index contributed by atoms with van der Waals surface area (Å²) in [5.41, 5.74) is 0.933. The Morgan fingerprint density at radius 3 is 2.69 bits per heavy atom. The predicted octanol–water partition coefficient (Wildman–Crippen LogP) is 3.40. The van der Waals surface area contributed by atoms with Gasteiger partial charge in [0.1, 0.15) is 0 Å². The van der Waals surface area contributed by atoms with E-state index in [0.717, 1.165) is 31.5 Å². The van der Waals surface area contributed by atoms with Crippen molar-refractivity contribution < 1.29 is 9.90 Å². The molecule has 2 N–H and O–H groups in total. The summed E-state index contributed by atoms with van der Waals surface area (Å²) in [5.74, 6) is -0.723. The number of halogens is 1. The molecule has 0 saturated heterocycles. The molecule has 0 fully saturated rings. The molecule has 0 aliphatic rings. The summed E-state index contributed by atoms with van der Waals surface area (Å²) < 4.78 is 0. The van der Waals surface area contributed by atoms with Gasteiger partial charge in [-0.05, 0) is 25.0 Å². The molecule has 0 aromatic heterocycles. The van der Waals surface area contributed by atoms with E-state index in [9.17, 15) is 4.79 Å². The number of nitrogens with one attached hydrogen (secondary N) is 1. The van der Waals surface area contributed by atoms with Crippen molar-refractivity contribution in [3.63, 3.8) is 0 Å². The zero-order valence-corrected chi connectivity index (χ0v) is 9.83. The molecule has 0 aliphatic carbocycles. The molecular weight excluding hydrogens is 226 g/mol. The van der Waals surface area contributed by atoms with Gasteiger partial charge < -0.3 is 10.4 Å². The van der Waals surface area contributed by atoms with Crippen LogP contribution in [0.25, 0.3) is 0 Å². The van der Waals surface area contributed by atoms with Crippen molar-refractivity contribution in [2.24, 2.45) is 0 Å². The lowest BCUT2D eigenvalue weighted by Gasteiger charge is -2.07. The van der Waals surface area contributed by atoms with Crippen molar-refractivity contribution in [3.05, 3.63) is 29.3 Å². The van der Waals surface area contributed by atoms with Gasteiger partial charge >= 0.3 is 5.97 Å². The van der Waals surface area contributed by atoms with Gasteiger partial charge in [0.05, 0.1) is 10.7 Å². The van der Waals surface area contributed by atoms with Gasteiger partial charge in [-0.15, -0.1) is 0 Å². The van der Waals surface area contributed by atoms with E-state index in [0.29, 0.717) is 5.02 Å². The van der Waals surface area contributed by atoms with E-state index in [1.807, 2.05) is 24.3 Å². The molecule has 16 heavy (non-hydrogen) atoms. The molecule has 88 valence electrons. The van der Waals surface area contributed by atoms with Crippen molar-refractivity contribution >= 4 is 23.3 Å². The van der Waals surface area contributed by atoms with Crippen molar-refractivity contribution in [1.29, 1.82) is 0 Å². The van der Waals surface area contributed by atoms with Crippen LogP contribution in [0.5, 0.6) is 0 Å². The van der Waals surface area contributed by atoms with Crippen LogP contribution in [0.1, 0.15) is 25.7 Å². The van der Waals surface area contributed by atoms with Crippen LogP contribution in [0.2, 0.25) is 5.02 Å². The summed E-state index contributed by atoms with van der Waals surface area (Å²) in [6.45, 7) is 0.823. The zero-order valence-electron chi connectivity index (χ0n) is 9.08. The molecule has 3 nitrogen and oxygen atoms in total. The van der Waals surface area contributed by atoms with E-state index >= 15 is 0 Å². The Hall–Kier alpha value is -1.22. The fraction of sp³-hybridized carbons (Fsp3) is 0.417. The van der Waals surface area contributed by atoms with Gasteiger partial charge in [-0.1, -0.05) is 30.2 Å². The maximum absolute atomic E-state index is 10.3. The number of benzene rings is 1. The molecule has 0 bridgehead atoms. The lowest BCUT2D eigenvalue weighted by Crippen LogP contribution is -2.02. The summed E-state index contributed by atoms with van der Waals surface area (Å²) >= 11 is 5.97. The van der Waals surface area contributed by atoms with E-state index in [1.54, 1.807) is 0 Å². The van der Waals surface area contributed by atoms with E-state index in [2.05, 4.69) is 5.32 Å². The van der Waals surface area contributed by atoms with Crippen molar-refractivity contribution in [1.82, 2.24) is 0 Å². The Kier molecular flexibility index (Phi) is 5.72. The number of aliphatic carboxylic acids is 1. The molecule has 0 saturated carbocycles. The quantitative estimate of drug-likeness (QED) is 0.720. The fourth-order valence-electron chi connectivity index (χ4n) is 1.41. The molecule has 0 aliphatic heterocycles. The van der Waals surface area contributed by atoms with Crippen LogP contribution in [0.4, 0.5) is 5.69 Å². The first-order valence-corrected chi connectivity index (χ1v) is 5.78. The molecule has 0 unspecified atom stereocenters. The number of hydrogen-bond donors (Lipinski definition) is 2. The van der Waals surface area contributed by atoms with Crippen molar-refractivity contribution in [2.45, 2.75) is 25.7 Å². The maximum atomic E-state index is 10.3. The third-order valence-electron chi connectivity index (χ3n) is 2.26. The van der Waals surface area contributed by atoms with Crippen LogP contribution >= 0.6 is 11.6 Å². The smallest absolute Gasteiger partial charge is 0.303 e. The van der Waals surface area contributed by atoms with Crippen LogP contribution in [-0.4, -0.2) is 17.6 Å². The summed E-state index contributed by atoms with van der Waals surface area (Å²) in [4.78, 5) is 10.3. The highest BCUT2D eigenvalue weighted by molar-refractivity contribution is 6.33. The van der Waals surface area contributed by atoms with Crippen LogP contribution in [0.15, 0.2) is 24.3 Å². The zero-order chi connectivity index (χ0) is 11.8. The maximum Gasteiger partial charge on any atom is 0.303 e. The van der Waals surface area contributed by atoms with Crippen molar-refractivity contribution in [2.75, 3.05) is 11.9 Å². The SMILES string of the molecule is O=C(O)CCCCCNc1ccccc1Cl. The van der Waals surface area contributed by atoms with E-state index in [-0.39, 0.29) is 6.42 Å². The molecule has 1 rings (SSSR count). The fourth-order valence-corrected chi connectivity index (χ4v) is 1.61. The molecule has 0 radical (unpaired) electrons. The molecule has 0 atom stereocenters. The Bertz CT molecular complexity index is 342. The van der Waals surface area contributed by atoms with E-state index in [1.165, 1.54) is 0 Å². The Morgan fingerprint density at radius 1 is 1.25 bits per heavy atom.